The van der Waals surface area contributed by atoms with Crippen LogP contribution in [0.1, 0.15) is 72.6 Å². The monoisotopic (exact) mass is 555 g/mol. The Kier molecular flexibility index (Phi) is 10.3. The van der Waals surface area contributed by atoms with Crippen LogP contribution in [0.4, 0.5) is 13.6 Å². The molecule has 4 unspecified atom stereocenters. The van der Waals surface area contributed by atoms with Crippen LogP contribution in [0.15, 0.2) is 0 Å². The Labute approximate surface area is 216 Å². The van der Waals surface area contributed by atoms with Gasteiger partial charge in [0.1, 0.15) is 11.6 Å². The molecule has 0 spiro atoms. The normalized spacial score (nSPS) is 23.2. The molecule has 0 aromatic rings. The highest BCUT2D eigenvalue weighted by Gasteiger charge is 2.43. The van der Waals surface area contributed by atoms with E-state index >= 15 is 0 Å². The van der Waals surface area contributed by atoms with E-state index in [-0.39, 0.29) is 56.3 Å². The van der Waals surface area contributed by atoms with Crippen LogP contribution in [-0.2, 0) is 24.4 Å². The molecule has 14 heteroatoms. The van der Waals surface area contributed by atoms with E-state index in [0.717, 1.165) is 0 Å². The molecule has 5 N–H and O–H groups in total. The van der Waals surface area contributed by atoms with Crippen LogP contribution in [-0.4, -0.2) is 71.6 Å². The second-order valence-corrected chi connectivity index (χ2v) is 12.5. The Morgan fingerprint density at radius 3 is 2.27 bits per heavy atom. The quantitative estimate of drug-likeness (QED) is 0.241. The van der Waals surface area contributed by atoms with Crippen molar-refractivity contribution in [3.05, 3.63) is 0 Å². The van der Waals surface area contributed by atoms with Crippen LogP contribution in [0, 0.1) is 17.8 Å². The van der Waals surface area contributed by atoms with Gasteiger partial charge in [0.2, 0.25) is 23.2 Å². The molecule has 37 heavy (non-hydrogen) atoms. The van der Waals surface area contributed by atoms with E-state index in [4.69, 9.17) is 4.74 Å². The van der Waals surface area contributed by atoms with Gasteiger partial charge in [-0.05, 0) is 57.8 Å². The molecule has 0 aromatic heterocycles. The highest BCUT2D eigenvalue weighted by Crippen LogP contribution is 2.41. The first-order valence-electron chi connectivity index (χ1n) is 12.5. The summed E-state index contributed by atoms with van der Waals surface area (Å²) in [5.41, 5.74) is -3.47. The molecule has 0 bridgehead atoms. The molecule has 1 aliphatic carbocycles. The molecule has 214 valence electrons. The summed E-state index contributed by atoms with van der Waals surface area (Å²) in [6, 6.07) is -2.73. The number of hydrogen-bond acceptors (Lipinski definition) is 7. The zero-order valence-corrected chi connectivity index (χ0v) is 22.4. The van der Waals surface area contributed by atoms with Gasteiger partial charge in [0.15, 0.2) is 0 Å². The van der Waals surface area contributed by atoms with Crippen LogP contribution in [0.3, 0.4) is 0 Å². The fraction of sp³-hybridized carbons (Fsp3) is 0.870. The number of alkyl halides is 2. The molecular weight excluding hydrogens is 516 g/mol. The van der Waals surface area contributed by atoms with Crippen LogP contribution in [0.2, 0.25) is 0 Å². The molecule has 1 heterocycles. The molecule has 0 aromatic carbocycles. The molecule has 1 saturated heterocycles. The first kappa shape index (κ1) is 31.2. The lowest BCUT2D eigenvalue weighted by molar-refractivity contribution is -0.126. The number of alkyl carbamates (subject to hydrolysis) is 1. The highest BCUT2D eigenvalue weighted by molar-refractivity contribution is 7.86. The van der Waals surface area contributed by atoms with Crippen molar-refractivity contribution in [1.82, 2.24) is 16.0 Å². The lowest BCUT2D eigenvalue weighted by Crippen LogP contribution is -2.55. The first-order valence-corrected chi connectivity index (χ1v) is 14.0. The van der Waals surface area contributed by atoms with Crippen molar-refractivity contribution in [3.8, 4) is 0 Å². The fourth-order valence-corrected chi connectivity index (χ4v) is 5.44. The van der Waals surface area contributed by atoms with Gasteiger partial charge in [-0.1, -0.05) is 13.8 Å². The number of hydrogen-bond donors (Lipinski definition) is 5. The molecule has 2 fully saturated rings. The second kappa shape index (κ2) is 12.2. The van der Waals surface area contributed by atoms with E-state index in [1.807, 2.05) is 0 Å². The minimum absolute atomic E-state index is 0.102. The minimum Gasteiger partial charge on any atom is -0.443 e. The summed E-state index contributed by atoms with van der Waals surface area (Å²) in [4.78, 5) is 37.8. The van der Waals surface area contributed by atoms with Crippen molar-refractivity contribution >= 4 is 28.0 Å². The van der Waals surface area contributed by atoms with Gasteiger partial charge < -0.3 is 25.8 Å². The Bertz CT molecular complexity index is 934. The van der Waals surface area contributed by atoms with Crippen LogP contribution in [0.5, 0.6) is 0 Å². The number of rotatable bonds is 11. The zero-order chi connectivity index (χ0) is 28.2. The van der Waals surface area contributed by atoms with Gasteiger partial charge in [0.25, 0.3) is 10.1 Å². The summed E-state index contributed by atoms with van der Waals surface area (Å²) >= 11 is 0. The summed E-state index contributed by atoms with van der Waals surface area (Å²) < 4.78 is 65.2. The van der Waals surface area contributed by atoms with E-state index in [1.54, 1.807) is 27.7 Å². The van der Waals surface area contributed by atoms with Gasteiger partial charge in [0, 0.05) is 25.3 Å². The number of nitrogens with one attached hydrogen (secondary N) is 3. The Morgan fingerprint density at radius 2 is 1.78 bits per heavy atom. The van der Waals surface area contributed by atoms with E-state index in [9.17, 15) is 41.2 Å². The summed E-state index contributed by atoms with van der Waals surface area (Å²) in [7, 11) is -4.98. The number of carbonyl (C=O) groups excluding carboxylic acids is 3. The van der Waals surface area contributed by atoms with Gasteiger partial charge in [-0.3, -0.25) is 14.1 Å². The largest absolute Gasteiger partial charge is 0.443 e. The number of carbonyl (C=O) groups is 3. The lowest BCUT2D eigenvalue weighted by Gasteiger charge is -2.38. The number of ether oxygens (including phenoxy) is 1. The third kappa shape index (κ3) is 9.32. The number of amides is 3. The summed E-state index contributed by atoms with van der Waals surface area (Å²) in [5, 5.41) is 17.6. The van der Waals surface area contributed by atoms with E-state index in [1.165, 1.54) is 0 Å². The van der Waals surface area contributed by atoms with E-state index in [0.29, 0.717) is 13.0 Å². The predicted molar refractivity (Wildman–Crippen MR) is 129 cm³/mol. The average molecular weight is 556 g/mol. The molecule has 4 atom stereocenters. The van der Waals surface area contributed by atoms with Crippen molar-refractivity contribution < 1.29 is 46.0 Å². The van der Waals surface area contributed by atoms with Crippen molar-refractivity contribution in [1.29, 1.82) is 0 Å². The van der Waals surface area contributed by atoms with Gasteiger partial charge in [-0.25, -0.2) is 13.6 Å². The van der Waals surface area contributed by atoms with Crippen molar-refractivity contribution in [3.63, 3.8) is 0 Å². The predicted octanol–water partition coefficient (Wildman–Crippen LogP) is 1.95. The number of halogens is 2. The third-order valence-corrected chi connectivity index (χ3v) is 7.99. The molecule has 0 radical (unpaired) electrons. The Hall–Kier alpha value is -2.06. The van der Waals surface area contributed by atoms with Gasteiger partial charge in [-0.2, -0.15) is 8.42 Å². The summed E-state index contributed by atoms with van der Waals surface area (Å²) in [6.45, 7) is 7.15. The average Bonchev–Trinajstić information content (AvgIpc) is 3.14. The highest BCUT2D eigenvalue weighted by atomic mass is 32.2. The fourth-order valence-electron chi connectivity index (χ4n) is 4.85. The van der Waals surface area contributed by atoms with Crippen molar-refractivity contribution in [2.45, 2.75) is 102 Å². The third-order valence-electron chi connectivity index (χ3n) is 7.05. The van der Waals surface area contributed by atoms with Crippen LogP contribution >= 0.6 is 0 Å². The maximum Gasteiger partial charge on any atom is 0.408 e. The molecule has 11 nitrogen and oxygen atoms in total. The minimum atomic E-state index is -4.98. The molecule has 2 aliphatic rings. The number of aliphatic hydroxyl groups is 1. The zero-order valence-electron chi connectivity index (χ0n) is 21.6. The molecular formula is C23H39F2N3O8S. The molecule has 3 amide bonds. The Morgan fingerprint density at radius 1 is 1.19 bits per heavy atom. The molecule has 1 aliphatic heterocycles. The second-order valence-electron chi connectivity index (χ2n) is 11.0. The van der Waals surface area contributed by atoms with Crippen molar-refractivity contribution in [2.75, 3.05) is 6.54 Å². The molecule has 2 rings (SSSR count). The summed E-state index contributed by atoms with van der Waals surface area (Å²) in [6.07, 6.45) is -0.995. The van der Waals surface area contributed by atoms with Crippen LogP contribution in [0.25, 0.3) is 0 Å². The topological polar surface area (TPSA) is 171 Å². The van der Waals surface area contributed by atoms with Gasteiger partial charge in [0.05, 0.1) is 6.04 Å². The summed E-state index contributed by atoms with van der Waals surface area (Å²) in [5.74, 6) is -5.04. The SMILES string of the molecule is CC(C)CC(NC(=O)OC(C)(C)C1CCC(F)(F)CC1)C(=O)NC(CC1CCNC1=O)C(O)S(=O)(=O)O. The van der Waals surface area contributed by atoms with Gasteiger partial charge in [-0.15, -0.1) is 0 Å². The van der Waals surface area contributed by atoms with Crippen molar-refractivity contribution in [2.24, 2.45) is 17.8 Å². The first-order chi connectivity index (χ1) is 16.9. The maximum absolute atomic E-state index is 13.5. The van der Waals surface area contributed by atoms with E-state index < -0.39 is 57.1 Å². The number of aliphatic hydroxyl groups excluding tert-OH is 1. The smallest absolute Gasteiger partial charge is 0.408 e. The van der Waals surface area contributed by atoms with Crippen LogP contribution < -0.4 is 16.0 Å². The van der Waals surface area contributed by atoms with Gasteiger partial charge >= 0.3 is 6.09 Å². The lowest BCUT2D eigenvalue weighted by atomic mass is 9.77. The molecule has 1 saturated carbocycles. The Balaban J connectivity index is 2.11. The maximum atomic E-state index is 13.5. The van der Waals surface area contributed by atoms with E-state index in [2.05, 4.69) is 16.0 Å². The standard InChI is InChI=1S/C23H39F2N3O8S/c1-13(2)11-16(28-21(32)36-22(3,4)15-5-8-23(24,25)9-6-15)19(30)27-17(20(31)37(33,34)35)12-14-7-10-26-18(14)29/h13-17,20,31H,5-12H2,1-4H3,(H,26,29)(H,27,30)(H,28,32)(H,33,34,35).